The van der Waals surface area contributed by atoms with Gasteiger partial charge in [0, 0.05) is 28.9 Å². The molecule has 6 nitrogen and oxygen atoms in total. The van der Waals surface area contributed by atoms with Crippen LogP contribution in [-0.2, 0) is 0 Å². The minimum absolute atomic E-state index is 0.145. The van der Waals surface area contributed by atoms with Crippen LogP contribution in [0.25, 0.3) is 16.5 Å². The van der Waals surface area contributed by atoms with E-state index in [1.807, 2.05) is 0 Å². The number of halogens is 1. The average Bonchev–Trinajstić information content (AvgIpc) is 2.63. The van der Waals surface area contributed by atoms with E-state index in [0.717, 1.165) is 0 Å². The van der Waals surface area contributed by atoms with E-state index >= 15 is 0 Å². The highest BCUT2D eigenvalue weighted by Gasteiger charge is 2.08. The minimum atomic E-state index is -1.03. The summed E-state index contributed by atoms with van der Waals surface area (Å²) in [5, 5.41) is 9.41. The highest BCUT2D eigenvalue weighted by molar-refractivity contribution is 6.11. The van der Waals surface area contributed by atoms with E-state index in [-0.39, 0.29) is 16.7 Å². The fraction of sp³-hybridized carbons (Fsp3) is 0. The number of aromatic carboxylic acids is 1. The fourth-order valence-corrected chi connectivity index (χ4v) is 2.43. The van der Waals surface area contributed by atoms with Crippen molar-refractivity contribution in [2.24, 2.45) is 10.7 Å². The van der Waals surface area contributed by atoms with E-state index in [4.69, 9.17) is 10.8 Å². The molecule has 0 bridgehead atoms. The normalized spacial score (nSPS) is 12.0. The molecule has 3 aromatic rings. The molecule has 2 aromatic carbocycles. The van der Waals surface area contributed by atoms with Crippen LogP contribution in [-0.4, -0.2) is 22.3 Å². The minimum Gasteiger partial charge on any atom is -0.478 e. The second-order valence-corrected chi connectivity index (χ2v) is 5.48. The van der Waals surface area contributed by atoms with Gasteiger partial charge >= 0.3 is 5.97 Å². The average molecular weight is 351 g/mol. The maximum absolute atomic E-state index is 13.4. The summed E-state index contributed by atoms with van der Waals surface area (Å²) < 4.78 is 13.4. The summed E-state index contributed by atoms with van der Waals surface area (Å²) in [6.45, 7) is 0. The van der Waals surface area contributed by atoms with Gasteiger partial charge in [-0.2, -0.15) is 0 Å². The number of carbonyl (C=O) groups is 1. The molecule has 26 heavy (non-hydrogen) atoms. The van der Waals surface area contributed by atoms with Crippen LogP contribution < -0.4 is 11.3 Å². The highest BCUT2D eigenvalue weighted by Crippen LogP contribution is 2.18. The molecule has 1 heterocycles. The Balaban J connectivity index is 1.96. The number of benzene rings is 2. The predicted octanol–water partition coefficient (Wildman–Crippen LogP) is 3.07. The van der Waals surface area contributed by atoms with Gasteiger partial charge in [-0.1, -0.05) is 0 Å². The number of nitrogens with zero attached hydrogens (tertiary/aromatic N) is 1. The lowest BCUT2D eigenvalue weighted by molar-refractivity contribution is 0.0697. The molecule has 3 rings (SSSR count). The van der Waals surface area contributed by atoms with Crippen molar-refractivity contribution in [2.75, 3.05) is 0 Å². The smallest absolute Gasteiger partial charge is 0.335 e. The number of nitrogens with two attached hydrogens (primary N) is 1. The van der Waals surface area contributed by atoms with E-state index in [1.165, 1.54) is 60.9 Å². The lowest BCUT2D eigenvalue weighted by Crippen LogP contribution is -2.13. The number of fused-ring (bicyclic) bond motifs is 1. The maximum atomic E-state index is 13.4. The SMILES string of the molecule is NC=C(C=Nc1ccc(C(=O)O)cc1)c1cc2cc(F)ccc2[nH]c1=O. The Morgan fingerprint density at radius 1 is 1.15 bits per heavy atom. The van der Waals surface area contributed by atoms with Gasteiger partial charge in [0.05, 0.1) is 16.8 Å². The van der Waals surface area contributed by atoms with Crippen molar-refractivity contribution >= 4 is 34.3 Å². The lowest BCUT2D eigenvalue weighted by Gasteiger charge is -2.04. The number of carboxylic acids is 1. The molecular formula is C19H14FN3O3. The van der Waals surface area contributed by atoms with Gasteiger partial charge in [0.2, 0.25) is 0 Å². The Morgan fingerprint density at radius 3 is 2.54 bits per heavy atom. The molecule has 0 saturated carbocycles. The molecule has 0 spiro atoms. The third-order valence-corrected chi connectivity index (χ3v) is 3.76. The van der Waals surface area contributed by atoms with Crippen LogP contribution in [0, 0.1) is 5.82 Å². The van der Waals surface area contributed by atoms with Gasteiger partial charge in [0.1, 0.15) is 5.82 Å². The van der Waals surface area contributed by atoms with Crippen LogP contribution in [0.3, 0.4) is 0 Å². The molecule has 0 atom stereocenters. The number of carboxylic acid groups (broad SMARTS) is 1. The first kappa shape index (κ1) is 17.1. The summed E-state index contributed by atoms with van der Waals surface area (Å²) >= 11 is 0. The predicted molar refractivity (Wildman–Crippen MR) is 98.2 cm³/mol. The van der Waals surface area contributed by atoms with Gasteiger partial charge in [-0.15, -0.1) is 0 Å². The van der Waals surface area contributed by atoms with Crippen molar-refractivity contribution in [1.29, 1.82) is 0 Å². The summed E-state index contributed by atoms with van der Waals surface area (Å²) in [5.74, 6) is -1.45. The Hall–Kier alpha value is -3.74. The third-order valence-electron chi connectivity index (χ3n) is 3.76. The zero-order valence-corrected chi connectivity index (χ0v) is 13.4. The second kappa shape index (κ2) is 7.02. The molecule has 0 aliphatic rings. The Labute approximate surface area is 147 Å². The largest absolute Gasteiger partial charge is 0.478 e. The monoisotopic (exact) mass is 351 g/mol. The van der Waals surface area contributed by atoms with Gasteiger partial charge in [-0.3, -0.25) is 9.79 Å². The summed E-state index contributed by atoms with van der Waals surface area (Å²) in [6.07, 6.45) is 2.62. The van der Waals surface area contributed by atoms with Crippen LogP contribution in [0.2, 0.25) is 0 Å². The molecule has 4 N–H and O–H groups in total. The Bertz CT molecular complexity index is 1100. The van der Waals surface area contributed by atoms with Crippen molar-refractivity contribution in [3.8, 4) is 0 Å². The van der Waals surface area contributed by atoms with Crippen LogP contribution in [0.5, 0.6) is 0 Å². The van der Waals surface area contributed by atoms with Crippen molar-refractivity contribution < 1.29 is 14.3 Å². The lowest BCUT2D eigenvalue weighted by atomic mass is 10.1. The topological polar surface area (TPSA) is 109 Å². The number of hydrogen-bond acceptors (Lipinski definition) is 4. The summed E-state index contributed by atoms with van der Waals surface area (Å²) in [7, 11) is 0. The number of pyridine rings is 1. The van der Waals surface area contributed by atoms with Crippen molar-refractivity contribution in [3.63, 3.8) is 0 Å². The second-order valence-electron chi connectivity index (χ2n) is 5.48. The molecular weight excluding hydrogens is 337 g/mol. The zero-order chi connectivity index (χ0) is 18.7. The number of nitrogens with one attached hydrogen (secondary N) is 1. The molecule has 0 radical (unpaired) electrons. The van der Waals surface area contributed by atoms with Crippen molar-refractivity contribution in [1.82, 2.24) is 4.98 Å². The van der Waals surface area contributed by atoms with Crippen LogP contribution >= 0.6 is 0 Å². The van der Waals surface area contributed by atoms with E-state index in [0.29, 0.717) is 22.2 Å². The molecule has 1 aromatic heterocycles. The molecule has 0 saturated heterocycles. The highest BCUT2D eigenvalue weighted by atomic mass is 19.1. The van der Waals surface area contributed by atoms with Crippen LogP contribution in [0.15, 0.2) is 64.5 Å². The first-order valence-corrected chi connectivity index (χ1v) is 7.60. The van der Waals surface area contributed by atoms with Gasteiger partial charge in [-0.05, 0) is 48.5 Å². The standard InChI is InChI=1S/C19H14FN3O3/c20-14-3-6-17-12(7-14)8-16(18(24)23-17)13(9-21)10-22-15-4-1-11(2-5-15)19(25)26/h1-10H,21H2,(H,23,24)(H,25,26). The number of hydrogen-bond donors (Lipinski definition) is 3. The number of aromatic amines is 1. The number of rotatable bonds is 4. The molecule has 130 valence electrons. The van der Waals surface area contributed by atoms with Gasteiger partial charge in [-0.25, -0.2) is 9.18 Å². The zero-order valence-electron chi connectivity index (χ0n) is 13.4. The van der Waals surface area contributed by atoms with Crippen LogP contribution in [0.4, 0.5) is 10.1 Å². The maximum Gasteiger partial charge on any atom is 0.335 e. The molecule has 0 aliphatic carbocycles. The summed E-state index contributed by atoms with van der Waals surface area (Å²) in [6, 6.07) is 11.5. The first-order valence-electron chi connectivity index (χ1n) is 7.60. The van der Waals surface area contributed by atoms with Gasteiger partial charge < -0.3 is 15.8 Å². The summed E-state index contributed by atoms with van der Waals surface area (Å²) in [4.78, 5) is 30.0. The molecule has 0 fully saturated rings. The van der Waals surface area contributed by atoms with Crippen molar-refractivity contribution in [2.45, 2.75) is 0 Å². The van der Waals surface area contributed by atoms with E-state index < -0.39 is 11.8 Å². The first-order chi connectivity index (χ1) is 12.5. The number of aliphatic imine (C=N–C) groups is 1. The molecule has 0 amide bonds. The number of H-pyrrole nitrogens is 1. The van der Waals surface area contributed by atoms with E-state index in [1.54, 1.807) is 0 Å². The molecule has 7 heteroatoms. The molecule has 0 aliphatic heterocycles. The third kappa shape index (κ3) is 3.51. The van der Waals surface area contributed by atoms with E-state index in [2.05, 4.69) is 9.98 Å². The Kier molecular flexibility index (Phi) is 4.62. The number of aromatic nitrogens is 1. The van der Waals surface area contributed by atoms with Gasteiger partial charge in [0.15, 0.2) is 0 Å². The Morgan fingerprint density at radius 2 is 1.88 bits per heavy atom. The van der Waals surface area contributed by atoms with Crippen molar-refractivity contribution in [3.05, 3.63) is 82.0 Å². The summed E-state index contributed by atoms with van der Waals surface area (Å²) in [5.41, 5.74) is 6.98. The quantitative estimate of drug-likeness (QED) is 0.628. The van der Waals surface area contributed by atoms with Crippen LogP contribution in [0.1, 0.15) is 15.9 Å². The van der Waals surface area contributed by atoms with E-state index in [9.17, 15) is 14.0 Å². The molecule has 0 unspecified atom stereocenters. The van der Waals surface area contributed by atoms with Gasteiger partial charge in [0.25, 0.3) is 5.56 Å². The number of allylic oxidation sites excluding steroid dienone is 1. The fourth-order valence-electron chi connectivity index (χ4n) is 2.43.